The summed E-state index contributed by atoms with van der Waals surface area (Å²) >= 11 is 0. The highest BCUT2D eigenvalue weighted by Gasteiger charge is 2.60. The molecule has 16 nitrogen and oxygen atoms in total. The molecule has 280 valence electrons. The average Bonchev–Trinajstić information content (AvgIpc) is 3.55. The van der Waals surface area contributed by atoms with E-state index in [1.807, 2.05) is 6.07 Å². The van der Waals surface area contributed by atoms with Gasteiger partial charge < -0.3 is 39.4 Å². The molecular weight excluding hydrogens is 664 g/mol. The minimum Gasteiger partial charge on any atom is -0.463 e. The van der Waals surface area contributed by atoms with Gasteiger partial charge in [-0.3, -0.25) is 9.59 Å². The third kappa shape index (κ3) is 8.95. The van der Waals surface area contributed by atoms with Gasteiger partial charge in [0.1, 0.15) is 54.0 Å². The number of aromatic nitrogens is 3. The normalized spacial score (nSPS) is 23.1. The highest BCUT2D eigenvalue weighted by atomic mass is 16.6. The summed E-state index contributed by atoms with van der Waals surface area (Å²) in [6, 6.07) is 3.77. The molecule has 2 amide bonds. The molecule has 2 aliphatic rings. The fourth-order valence-electron chi connectivity index (χ4n) is 5.86. The number of hydrogen-bond donors (Lipinski definition) is 3. The van der Waals surface area contributed by atoms with Crippen molar-refractivity contribution in [2.75, 3.05) is 18.5 Å². The summed E-state index contributed by atoms with van der Waals surface area (Å²) in [5, 5.41) is 32.1. The van der Waals surface area contributed by atoms with Crippen LogP contribution in [0.5, 0.6) is 0 Å². The fourth-order valence-corrected chi connectivity index (χ4v) is 5.86. The zero-order valence-corrected chi connectivity index (χ0v) is 30.8. The van der Waals surface area contributed by atoms with Gasteiger partial charge >= 0.3 is 18.0 Å². The predicted molar refractivity (Wildman–Crippen MR) is 181 cm³/mol. The summed E-state index contributed by atoms with van der Waals surface area (Å²) in [5.41, 5.74) is -4.85. The second-order valence-corrected chi connectivity index (χ2v) is 15.5. The summed E-state index contributed by atoms with van der Waals surface area (Å²) < 4.78 is 29.8. The zero-order chi connectivity index (χ0) is 37.9. The zero-order valence-electron chi connectivity index (χ0n) is 30.8. The Morgan fingerprint density at radius 2 is 1.82 bits per heavy atom. The van der Waals surface area contributed by atoms with Gasteiger partial charge in [0.15, 0.2) is 11.9 Å². The lowest BCUT2D eigenvalue weighted by Crippen LogP contribution is -2.53. The molecule has 4 rings (SSSR count). The van der Waals surface area contributed by atoms with Crippen LogP contribution in [0.1, 0.15) is 93.7 Å². The van der Waals surface area contributed by atoms with Gasteiger partial charge in [0.05, 0.1) is 5.69 Å². The first kappa shape index (κ1) is 39.5. The Bertz CT molecular complexity index is 1650. The number of carbonyl (C=O) groups is 4. The first-order valence-corrected chi connectivity index (χ1v) is 17.1. The van der Waals surface area contributed by atoms with E-state index in [2.05, 4.69) is 20.7 Å². The van der Waals surface area contributed by atoms with Crippen LogP contribution in [0.15, 0.2) is 18.5 Å². The van der Waals surface area contributed by atoms with E-state index < -0.39 is 77.1 Å². The van der Waals surface area contributed by atoms with E-state index >= 15 is 0 Å². The SMILES string of the molecule is CCOC(C)(C)C(=O)Nc1ncnn2c([C@]3(C#N)O[C@H](COC(=O)CC4CCC4)[C@@H](OC(=O)[C@@H](NC(=O)OC(C)(C)C)C(C)(C)C)[C@H]3O)ccc12. The van der Waals surface area contributed by atoms with E-state index in [9.17, 15) is 29.5 Å². The smallest absolute Gasteiger partial charge is 0.408 e. The molecule has 51 heavy (non-hydrogen) atoms. The van der Waals surface area contributed by atoms with Gasteiger partial charge in [-0.1, -0.05) is 27.2 Å². The molecule has 2 fully saturated rings. The number of nitrogens with zero attached hydrogens (tertiary/aromatic N) is 4. The molecule has 16 heteroatoms. The highest BCUT2D eigenvalue weighted by molar-refractivity contribution is 5.98. The number of alkyl carbamates (subject to hydrolysis) is 1. The van der Waals surface area contributed by atoms with Gasteiger partial charge in [0, 0.05) is 13.0 Å². The monoisotopic (exact) mass is 714 g/mol. The number of carbonyl (C=O) groups excluding carboxylic acids is 4. The Hall–Kier alpha value is -4.33. The summed E-state index contributed by atoms with van der Waals surface area (Å²) in [7, 11) is 0. The largest absolute Gasteiger partial charge is 0.463 e. The number of fused-ring (bicyclic) bond motifs is 1. The molecular formula is C35H50N6O10. The van der Waals surface area contributed by atoms with Crippen LogP contribution in [0, 0.1) is 22.7 Å². The lowest BCUT2D eigenvalue weighted by atomic mass is 9.83. The van der Waals surface area contributed by atoms with Crippen molar-refractivity contribution in [1.82, 2.24) is 19.9 Å². The Morgan fingerprint density at radius 3 is 2.39 bits per heavy atom. The van der Waals surface area contributed by atoms with Crippen LogP contribution in [0.2, 0.25) is 0 Å². The maximum atomic E-state index is 13.8. The minimum atomic E-state index is -2.21. The first-order chi connectivity index (χ1) is 23.7. The number of ether oxygens (including phenoxy) is 5. The molecule has 3 heterocycles. The van der Waals surface area contributed by atoms with E-state index in [-0.39, 0.29) is 29.4 Å². The second kappa shape index (κ2) is 15.1. The summed E-state index contributed by atoms with van der Waals surface area (Å²) in [4.78, 5) is 56.5. The van der Waals surface area contributed by atoms with Crippen molar-refractivity contribution < 1.29 is 48.0 Å². The molecule has 1 aliphatic heterocycles. The van der Waals surface area contributed by atoms with Crippen LogP contribution in [-0.4, -0.2) is 92.4 Å². The van der Waals surface area contributed by atoms with Crippen molar-refractivity contribution in [3.8, 4) is 6.07 Å². The third-order valence-corrected chi connectivity index (χ3v) is 8.82. The van der Waals surface area contributed by atoms with Gasteiger partial charge in [-0.15, -0.1) is 0 Å². The standard InChI is InChI=1S/C35H50N6O10/c1-10-48-34(8,9)30(45)40-28-21-14-15-23(41(21)38-19-37-28)35(18-36)27(43)25(22(50-35)17-47-24(42)16-20-12-11-13-20)49-29(44)26(32(2,3)4)39-31(46)51-33(5,6)7/h14-15,19-20,22,25-27,43H,10-13,16-17H2,1-9H3,(H,39,46)(H,37,38,40,45)/t22-,25-,26-,27-,35+/m1/s1. The molecule has 2 aromatic rings. The molecule has 0 unspecified atom stereocenters. The Morgan fingerprint density at radius 1 is 1.14 bits per heavy atom. The lowest BCUT2D eigenvalue weighted by molar-refractivity contribution is -0.165. The topological polar surface area (TPSA) is 213 Å². The van der Waals surface area contributed by atoms with E-state index in [0.717, 1.165) is 25.6 Å². The van der Waals surface area contributed by atoms with Crippen molar-refractivity contribution in [3.05, 3.63) is 24.2 Å². The molecule has 0 radical (unpaired) electrons. The average molecular weight is 715 g/mol. The number of anilines is 1. The van der Waals surface area contributed by atoms with E-state index in [0.29, 0.717) is 6.61 Å². The van der Waals surface area contributed by atoms with Gasteiger partial charge in [-0.05, 0) is 77.8 Å². The molecule has 2 aromatic heterocycles. The predicted octanol–water partition coefficient (Wildman–Crippen LogP) is 3.55. The number of aliphatic hydroxyl groups excluding tert-OH is 1. The van der Waals surface area contributed by atoms with E-state index in [1.54, 1.807) is 62.3 Å². The molecule has 3 N–H and O–H groups in total. The number of hydrogen-bond acceptors (Lipinski definition) is 13. The summed E-state index contributed by atoms with van der Waals surface area (Å²) in [5.74, 6) is -1.60. The molecule has 0 aromatic carbocycles. The fraction of sp³-hybridized carbons (Fsp3) is 0.686. The van der Waals surface area contributed by atoms with Gasteiger partial charge in [0.25, 0.3) is 5.91 Å². The quantitative estimate of drug-likeness (QED) is 0.212. The number of aliphatic hydroxyl groups is 1. The van der Waals surface area contributed by atoms with Crippen molar-refractivity contribution >= 4 is 35.3 Å². The minimum absolute atomic E-state index is 0.0260. The first-order valence-electron chi connectivity index (χ1n) is 17.1. The van der Waals surface area contributed by atoms with Crippen LogP contribution in [-0.2, 0) is 43.7 Å². The highest BCUT2D eigenvalue weighted by Crippen LogP contribution is 2.42. The van der Waals surface area contributed by atoms with Crippen LogP contribution >= 0.6 is 0 Å². The molecule has 1 saturated heterocycles. The third-order valence-electron chi connectivity index (χ3n) is 8.82. The van der Waals surface area contributed by atoms with Crippen LogP contribution in [0.4, 0.5) is 10.6 Å². The van der Waals surface area contributed by atoms with Gasteiger partial charge in [-0.25, -0.2) is 19.1 Å². The van der Waals surface area contributed by atoms with Gasteiger partial charge in [-0.2, -0.15) is 10.4 Å². The Balaban J connectivity index is 1.68. The van der Waals surface area contributed by atoms with Crippen molar-refractivity contribution in [1.29, 1.82) is 5.26 Å². The molecule has 0 spiro atoms. The summed E-state index contributed by atoms with van der Waals surface area (Å²) in [6.07, 6.45) is -1.33. The maximum absolute atomic E-state index is 13.8. The molecule has 1 aliphatic carbocycles. The number of rotatable bonds is 12. The van der Waals surface area contributed by atoms with Crippen molar-refractivity contribution in [2.45, 2.75) is 129 Å². The van der Waals surface area contributed by atoms with Crippen LogP contribution < -0.4 is 10.6 Å². The van der Waals surface area contributed by atoms with Crippen LogP contribution in [0.25, 0.3) is 5.52 Å². The van der Waals surface area contributed by atoms with E-state index in [1.165, 1.54) is 16.6 Å². The van der Waals surface area contributed by atoms with Crippen molar-refractivity contribution in [2.24, 2.45) is 11.3 Å². The summed E-state index contributed by atoms with van der Waals surface area (Å²) in [6.45, 7) is 15.0. The van der Waals surface area contributed by atoms with Gasteiger partial charge in [0.2, 0.25) is 5.60 Å². The van der Waals surface area contributed by atoms with Crippen LogP contribution in [0.3, 0.4) is 0 Å². The maximum Gasteiger partial charge on any atom is 0.408 e. The molecule has 5 atom stereocenters. The Labute approximate surface area is 297 Å². The number of nitrogens with one attached hydrogen (secondary N) is 2. The molecule has 1 saturated carbocycles. The Kier molecular flexibility index (Phi) is 11.7. The number of amides is 2. The number of nitriles is 1. The molecule has 0 bridgehead atoms. The van der Waals surface area contributed by atoms with E-state index in [4.69, 9.17) is 23.7 Å². The second-order valence-electron chi connectivity index (χ2n) is 15.5. The number of esters is 2. The lowest BCUT2D eigenvalue weighted by Gasteiger charge is -2.32. The van der Waals surface area contributed by atoms with Crippen molar-refractivity contribution in [3.63, 3.8) is 0 Å².